The normalized spacial score (nSPS) is 13.3. The van der Waals surface area contributed by atoms with E-state index in [4.69, 9.17) is 9.84 Å². The van der Waals surface area contributed by atoms with Crippen LogP contribution in [0.25, 0.3) is 0 Å². The van der Waals surface area contributed by atoms with Gasteiger partial charge >= 0.3 is 17.9 Å². The molecule has 0 aliphatic carbocycles. The number of methoxy groups -OCH3 is 1. The minimum absolute atomic E-state index is 0.0202. The summed E-state index contributed by atoms with van der Waals surface area (Å²) in [6.45, 7) is 0. The quantitative estimate of drug-likeness (QED) is 0.585. The van der Waals surface area contributed by atoms with Crippen molar-refractivity contribution in [3.05, 3.63) is 28.8 Å². The predicted molar refractivity (Wildman–Crippen MR) is 49.7 cm³/mol. The van der Waals surface area contributed by atoms with Gasteiger partial charge < -0.3 is 14.6 Å². The fourth-order valence-corrected chi connectivity index (χ4v) is 1.53. The number of carboxylic acids is 1. The highest BCUT2D eigenvalue weighted by molar-refractivity contribution is 6.17. The van der Waals surface area contributed by atoms with Crippen molar-refractivity contribution in [2.45, 2.75) is 0 Å². The SMILES string of the molecule is COc1c(C(=O)O)ccc2c1C(=O)OC2=O. The van der Waals surface area contributed by atoms with E-state index < -0.39 is 17.9 Å². The summed E-state index contributed by atoms with van der Waals surface area (Å²) in [5.41, 5.74) is -0.299. The van der Waals surface area contributed by atoms with Gasteiger partial charge in [-0.15, -0.1) is 0 Å². The summed E-state index contributed by atoms with van der Waals surface area (Å²) >= 11 is 0. The van der Waals surface area contributed by atoms with Crippen LogP contribution in [0.1, 0.15) is 31.1 Å². The maximum absolute atomic E-state index is 11.3. The van der Waals surface area contributed by atoms with Crippen LogP contribution in [0.2, 0.25) is 0 Å². The molecule has 16 heavy (non-hydrogen) atoms. The Morgan fingerprint density at radius 1 is 1.31 bits per heavy atom. The van der Waals surface area contributed by atoms with Gasteiger partial charge in [0.25, 0.3) is 0 Å². The molecule has 0 aromatic heterocycles. The van der Waals surface area contributed by atoms with Crippen molar-refractivity contribution < 1.29 is 29.0 Å². The third-order valence-electron chi connectivity index (χ3n) is 2.20. The van der Waals surface area contributed by atoms with Gasteiger partial charge in [-0.2, -0.15) is 0 Å². The molecule has 82 valence electrons. The smallest absolute Gasteiger partial charge is 0.350 e. The van der Waals surface area contributed by atoms with Crippen LogP contribution in [0.4, 0.5) is 0 Å². The van der Waals surface area contributed by atoms with Gasteiger partial charge in [-0.1, -0.05) is 0 Å². The fourth-order valence-electron chi connectivity index (χ4n) is 1.53. The molecule has 0 spiro atoms. The van der Waals surface area contributed by atoms with Crippen LogP contribution < -0.4 is 4.74 Å². The van der Waals surface area contributed by atoms with Crippen LogP contribution in [-0.4, -0.2) is 30.1 Å². The molecule has 6 heteroatoms. The molecule has 0 unspecified atom stereocenters. The van der Waals surface area contributed by atoms with E-state index in [1.165, 1.54) is 19.2 Å². The molecule has 0 atom stereocenters. The van der Waals surface area contributed by atoms with Gasteiger partial charge in [0.15, 0.2) is 0 Å². The number of benzene rings is 1. The summed E-state index contributed by atoms with van der Waals surface area (Å²) in [6.07, 6.45) is 0. The average molecular weight is 222 g/mol. The van der Waals surface area contributed by atoms with Crippen molar-refractivity contribution in [2.75, 3.05) is 7.11 Å². The van der Waals surface area contributed by atoms with Crippen molar-refractivity contribution in [1.29, 1.82) is 0 Å². The van der Waals surface area contributed by atoms with Crippen molar-refractivity contribution in [3.63, 3.8) is 0 Å². The highest BCUT2D eigenvalue weighted by atomic mass is 16.6. The molecule has 0 radical (unpaired) electrons. The monoisotopic (exact) mass is 222 g/mol. The third-order valence-corrected chi connectivity index (χ3v) is 2.20. The van der Waals surface area contributed by atoms with Gasteiger partial charge in [-0.05, 0) is 12.1 Å². The number of carbonyl (C=O) groups excluding carboxylic acids is 2. The summed E-state index contributed by atoms with van der Waals surface area (Å²) in [4.78, 5) is 33.3. The van der Waals surface area contributed by atoms with E-state index in [1.54, 1.807) is 0 Å². The zero-order valence-corrected chi connectivity index (χ0v) is 8.14. The molecule has 1 N–H and O–H groups in total. The number of fused-ring (bicyclic) bond motifs is 1. The van der Waals surface area contributed by atoms with E-state index in [2.05, 4.69) is 4.74 Å². The second-order valence-electron chi connectivity index (χ2n) is 3.05. The van der Waals surface area contributed by atoms with Gasteiger partial charge in [-0.3, -0.25) is 0 Å². The van der Waals surface area contributed by atoms with E-state index >= 15 is 0 Å². The molecule has 0 saturated carbocycles. The summed E-state index contributed by atoms with van der Waals surface area (Å²) < 4.78 is 9.19. The molecule has 1 aromatic rings. The molecule has 0 fully saturated rings. The number of carbonyl (C=O) groups is 3. The number of esters is 2. The number of aromatic carboxylic acids is 1. The number of ether oxygens (including phenoxy) is 2. The zero-order chi connectivity index (χ0) is 11.9. The van der Waals surface area contributed by atoms with Crippen molar-refractivity contribution >= 4 is 17.9 Å². The first-order valence-corrected chi connectivity index (χ1v) is 4.27. The molecular weight excluding hydrogens is 216 g/mol. The maximum Gasteiger partial charge on any atom is 0.350 e. The highest BCUT2D eigenvalue weighted by Crippen LogP contribution is 2.32. The molecular formula is C10H6O6. The highest BCUT2D eigenvalue weighted by Gasteiger charge is 2.35. The minimum Gasteiger partial charge on any atom is -0.495 e. The third kappa shape index (κ3) is 1.23. The lowest BCUT2D eigenvalue weighted by Crippen LogP contribution is -2.06. The van der Waals surface area contributed by atoms with Gasteiger partial charge in [0.05, 0.1) is 12.7 Å². The standard InChI is InChI=1S/C10H6O6/c1-15-7-5(8(11)12)3-2-4-6(7)10(14)16-9(4)13/h2-3H,1H3,(H,11,12). The topological polar surface area (TPSA) is 89.9 Å². The van der Waals surface area contributed by atoms with Crippen molar-refractivity contribution in [2.24, 2.45) is 0 Å². The van der Waals surface area contributed by atoms with Crippen molar-refractivity contribution in [3.8, 4) is 5.75 Å². The molecule has 2 rings (SSSR count). The summed E-state index contributed by atoms with van der Waals surface area (Å²) in [7, 11) is 1.22. The van der Waals surface area contributed by atoms with E-state index in [0.29, 0.717) is 0 Å². The van der Waals surface area contributed by atoms with Gasteiger partial charge in [-0.25, -0.2) is 14.4 Å². The van der Waals surface area contributed by atoms with E-state index in [9.17, 15) is 14.4 Å². The van der Waals surface area contributed by atoms with E-state index in [0.717, 1.165) is 0 Å². The first-order chi connectivity index (χ1) is 7.56. The first-order valence-electron chi connectivity index (χ1n) is 4.27. The fraction of sp³-hybridized carbons (Fsp3) is 0.100. The zero-order valence-electron chi connectivity index (χ0n) is 8.14. The predicted octanol–water partition coefficient (Wildman–Crippen LogP) is 0.704. The van der Waals surface area contributed by atoms with Gasteiger partial charge in [0.1, 0.15) is 16.9 Å². The van der Waals surface area contributed by atoms with Crippen LogP contribution in [-0.2, 0) is 4.74 Å². The van der Waals surface area contributed by atoms with Crippen LogP contribution in [0.15, 0.2) is 12.1 Å². The maximum atomic E-state index is 11.3. The molecule has 1 aliphatic heterocycles. The number of rotatable bonds is 2. The van der Waals surface area contributed by atoms with Gasteiger partial charge in [0, 0.05) is 0 Å². The van der Waals surface area contributed by atoms with E-state index in [1.807, 2.05) is 0 Å². The molecule has 0 saturated heterocycles. The Hall–Kier alpha value is -2.37. The van der Waals surface area contributed by atoms with Crippen LogP contribution in [0.3, 0.4) is 0 Å². The lowest BCUT2D eigenvalue weighted by Gasteiger charge is -2.06. The van der Waals surface area contributed by atoms with E-state index in [-0.39, 0.29) is 22.4 Å². The number of hydrogen-bond acceptors (Lipinski definition) is 5. The Balaban J connectivity index is 2.75. The molecule has 6 nitrogen and oxygen atoms in total. The van der Waals surface area contributed by atoms with Crippen LogP contribution in [0.5, 0.6) is 5.75 Å². The Bertz CT molecular complexity index is 516. The molecule has 0 bridgehead atoms. The van der Waals surface area contributed by atoms with Crippen molar-refractivity contribution in [1.82, 2.24) is 0 Å². The number of hydrogen-bond donors (Lipinski definition) is 1. The summed E-state index contributed by atoms with van der Waals surface area (Å²) in [5.74, 6) is -3.08. The Labute approximate surface area is 89.4 Å². The second kappa shape index (κ2) is 3.34. The molecule has 1 aromatic carbocycles. The molecule has 1 heterocycles. The van der Waals surface area contributed by atoms with Crippen LogP contribution in [0, 0.1) is 0 Å². The first kappa shape index (κ1) is 10.2. The Morgan fingerprint density at radius 3 is 2.56 bits per heavy atom. The molecule has 0 amide bonds. The summed E-state index contributed by atoms with van der Waals surface area (Å²) in [5, 5.41) is 8.86. The largest absolute Gasteiger partial charge is 0.495 e. The lowest BCUT2D eigenvalue weighted by atomic mass is 10.0. The van der Waals surface area contributed by atoms with Crippen LogP contribution >= 0.6 is 0 Å². The Kier molecular flexibility index (Phi) is 2.12. The second-order valence-corrected chi connectivity index (χ2v) is 3.05. The number of cyclic esters (lactones) is 2. The lowest BCUT2D eigenvalue weighted by molar-refractivity contribution is 0.0442. The molecule has 1 aliphatic rings. The average Bonchev–Trinajstić information content (AvgIpc) is 2.53. The summed E-state index contributed by atoms with van der Waals surface area (Å²) in [6, 6.07) is 2.42. The Morgan fingerprint density at radius 2 is 2.00 bits per heavy atom. The van der Waals surface area contributed by atoms with Gasteiger partial charge in [0.2, 0.25) is 0 Å². The number of carboxylic acid groups (broad SMARTS) is 1. The minimum atomic E-state index is -1.24.